The lowest BCUT2D eigenvalue weighted by Crippen LogP contribution is -2.36. The molecule has 1 atom stereocenters. The molecule has 1 aromatic heterocycles. The average Bonchev–Trinajstić information content (AvgIpc) is 2.56. The molecule has 3 rings (SSSR count). The van der Waals surface area contributed by atoms with E-state index in [1.165, 1.54) is 17.1 Å². The van der Waals surface area contributed by atoms with Crippen LogP contribution in [0.3, 0.4) is 0 Å². The standard InChI is InChI=1S/C18H20F3N3O2/c1-23-6-2-3-12(9-23)10-24-11-22-8-15(17(24)26)14-5-4-13(7-16(14)25)18(19,20)21/h4-5,7-8,11-12,25H,2-3,6,9-10H2,1H3/t12-/m0/s1. The minimum Gasteiger partial charge on any atom is -0.507 e. The summed E-state index contributed by atoms with van der Waals surface area (Å²) in [5.74, 6) is -0.279. The zero-order valence-electron chi connectivity index (χ0n) is 14.3. The van der Waals surface area contributed by atoms with Gasteiger partial charge in [-0.1, -0.05) is 0 Å². The number of hydrogen-bond donors (Lipinski definition) is 1. The normalized spacial score (nSPS) is 18.8. The number of likely N-dealkylation sites (tertiary alicyclic amines) is 1. The molecule has 0 aliphatic carbocycles. The Kier molecular flexibility index (Phi) is 5.04. The van der Waals surface area contributed by atoms with Crippen LogP contribution in [-0.2, 0) is 12.7 Å². The maximum absolute atomic E-state index is 12.7. The van der Waals surface area contributed by atoms with E-state index in [2.05, 4.69) is 9.88 Å². The van der Waals surface area contributed by atoms with Crippen molar-refractivity contribution >= 4 is 0 Å². The molecule has 0 radical (unpaired) electrons. The zero-order chi connectivity index (χ0) is 18.9. The molecule has 2 heterocycles. The molecular formula is C18H20F3N3O2. The Morgan fingerprint density at radius 3 is 2.73 bits per heavy atom. The van der Waals surface area contributed by atoms with Crippen molar-refractivity contribution in [3.8, 4) is 16.9 Å². The van der Waals surface area contributed by atoms with Gasteiger partial charge in [0.25, 0.3) is 5.56 Å². The largest absolute Gasteiger partial charge is 0.507 e. The number of alkyl halides is 3. The molecule has 1 aromatic carbocycles. The van der Waals surface area contributed by atoms with E-state index in [9.17, 15) is 23.1 Å². The fourth-order valence-corrected chi connectivity index (χ4v) is 3.40. The van der Waals surface area contributed by atoms with Crippen molar-refractivity contribution in [2.75, 3.05) is 20.1 Å². The van der Waals surface area contributed by atoms with Crippen molar-refractivity contribution < 1.29 is 18.3 Å². The summed E-state index contributed by atoms with van der Waals surface area (Å²) in [6.45, 7) is 2.40. The fraction of sp³-hybridized carbons (Fsp3) is 0.444. The van der Waals surface area contributed by atoms with E-state index in [4.69, 9.17) is 0 Å². The second kappa shape index (κ2) is 7.11. The third-order valence-electron chi connectivity index (χ3n) is 4.69. The van der Waals surface area contributed by atoms with Crippen LogP contribution in [0.5, 0.6) is 5.75 Å². The number of rotatable bonds is 3. The molecule has 26 heavy (non-hydrogen) atoms. The molecule has 1 fully saturated rings. The van der Waals surface area contributed by atoms with Crippen molar-refractivity contribution in [3.63, 3.8) is 0 Å². The van der Waals surface area contributed by atoms with E-state index >= 15 is 0 Å². The predicted octanol–water partition coefficient (Wildman–Crippen LogP) is 2.98. The van der Waals surface area contributed by atoms with Gasteiger partial charge in [0.1, 0.15) is 5.75 Å². The first-order valence-corrected chi connectivity index (χ1v) is 8.39. The molecule has 0 amide bonds. The van der Waals surface area contributed by atoms with Crippen LogP contribution >= 0.6 is 0 Å². The second-order valence-corrected chi connectivity index (χ2v) is 6.77. The van der Waals surface area contributed by atoms with E-state index < -0.39 is 17.5 Å². The quantitative estimate of drug-likeness (QED) is 0.906. The summed E-state index contributed by atoms with van der Waals surface area (Å²) >= 11 is 0. The maximum atomic E-state index is 12.7. The summed E-state index contributed by atoms with van der Waals surface area (Å²) in [7, 11) is 2.03. The number of phenolic OH excluding ortho intramolecular Hbond substituents is 1. The first-order valence-electron chi connectivity index (χ1n) is 8.39. The zero-order valence-corrected chi connectivity index (χ0v) is 14.3. The van der Waals surface area contributed by atoms with Crippen LogP contribution in [0, 0.1) is 5.92 Å². The van der Waals surface area contributed by atoms with Crippen molar-refractivity contribution in [2.45, 2.75) is 25.6 Å². The highest BCUT2D eigenvalue weighted by Crippen LogP contribution is 2.35. The number of hydrogen-bond acceptors (Lipinski definition) is 4. The highest BCUT2D eigenvalue weighted by Gasteiger charge is 2.31. The molecule has 0 spiro atoms. The van der Waals surface area contributed by atoms with Gasteiger partial charge in [-0.3, -0.25) is 9.36 Å². The minimum atomic E-state index is -4.56. The Balaban J connectivity index is 1.91. The van der Waals surface area contributed by atoms with Gasteiger partial charge in [-0.05, 0) is 50.6 Å². The van der Waals surface area contributed by atoms with Gasteiger partial charge in [-0.2, -0.15) is 13.2 Å². The number of phenols is 1. The molecule has 0 unspecified atom stereocenters. The van der Waals surface area contributed by atoms with Gasteiger partial charge < -0.3 is 10.0 Å². The molecule has 1 aliphatic heterocycles. The Bertz CT molecular complexity index is 848. The van der Waals surface area contributed by atoms with Crippen LogP contribution < -0.4 is 5.56 Å². The molecule has 1 aliphatic rings. The third-order valence-corrected chi connectivity index (χ3v) is 4.69. The summed E-state index contributed by atoms with van der Waals surface area (Å²) < 4.78 is 39.7. The molecule has 140 valence electrons. The summed E-state index contributed by atoms with van der Waals surface area (Å²) in [5, 5.41) is 10.00. The van der Waals surface area contributed by atoms with E-state index in [0.29, 0.717) is 18.5 Å². The summed E-state index contributed by atoms with van der Waals surface area (Å²) in [4.78, 5) is 19.0. The van der Waals surface area contributed by atoms with Crippen LogP contribution in [-0.4, -0.2) is 39.7 Å². The number of aromatic hydroxyl groups is 1. The van der Waals surface area contributed by atoms with E-state index in [1.807, 2.05) is 7.05 Å². The van der Waals surface area contributed by atoms with Crippen molar-refractivity contribution in [1.29, 1.82) is 0 Å². The highest BCUT2D eigenvalue weighted by molar-refractivity contribution is 5.69. The molecule has 5 nitrogen and oxygen atoms in total. The van der Waals surface area contributed by atoms with Gasteiger partial charge >= 0.3 is 6.18 Å². The summed E-state index contributed by atoms with van der Waals surface area (Å²) in [6.07, 6.45) is 0.211. The predicted molar refractivity (Wildman–Crippen MR) is 90.8 cm³/mol. The van der Waals surface area contributed by atoms with Gasteiger partial charge in [-0.15, -0.1) is 0 Å². The average molecular weight is 367 g/mol. The van der Waals surface area contributed by atoms with E-state index in [-0.39, 0.29) is 16.7 Å². The smallest absolute Gasteiger partial charge is 0.416 e. The lowest BCUT2D eigenvalue weighted by Gasteiger charge is -2.29. The Hall–Kier alpha value is -2.35. The molecule has 8 heteroatoms. The molecule has 1 saturated heterocycles. The van der Waals surface area contributed by atoms with Crippen molar-refractivity contribution in [1.82, 2.24) is 14.5 Å². The number of nitrogens with zero attached hydrogens (tertiary/aromatic N) is 3. The minimum absolute atomic E-state index is 0.0469. The van der Waals surface area contributed by atoms with Gasteiger partial charge in [0.2, 0.25) is 0 Å². The Labute approximate surface area is 148 Å². The highest BCUT2D eigenvalue weighted by atomic mass is 19.4. The molecule has 0 saturated carbocycles. The topological polar surface area (TPSA) is 58.4 Å². The Morgan fingerprint density at radius 2 is 2.08 bits per heavy atom. The van der Waals surface area contributed by atoms with Gasteiger partial charge in [-0.25, -0.2) is 4.98 Å². The lowest BCUT2D eigenvalue weighted by atomic mass is 9.98. The monoisotopic (exact) mass is 367 g/mol. The van der Waals surface area contributed by atoms with E-state index in [0.717, 1.165) is 38.1 Å². The first kappa shape index (κ1) is 18.4. The van der Waals surface area contributed by atoms with Gasteiger partial charge in [0.15, 0.2) is 0 Å². The SMILES string of the molecule is CN1CCC[C@H](Cn2cncc(-c3ccc(C(F)(F)F)cc3O)c2=O)C1. The van der Waals surface area contributed by atoms with E-state index in [1.54, 1.807) is 0 Å². The van der Waals surface area contributed by atoms with Gasteiger partial charge in [0.05, 0.1) is 17.5 Å². The van der Waals surface area contributed by atoms with Crippen LogP contribution in [0.4, 0.5) is 13.2 Å². The van der Waals surface area contributed by atoms with Crippen LogP contribution in [0.2, 0.25) is 0 Å². The first-order chi connectivity index (χ1) is 12.3. The van der Waals surface area contributed by atoms with Crippen LogP contribution in [0.25, 0.3) is 11.1 Å². The summed E-state index contributed by atoms with van der Waals surface area (Å²) in [6, 6.07) is 2.58. The molecular weight excluding hydrogens is 347 g/mol. The fourth-order valence-electron chi connectivity index (χ4n) is 3.40. The maximum Gasteiger partial charge on any atom is 0.416 e. The van der Waals surface area contributed by atoms with Gasteiger partial charge in [0, 0.05) is 24.8 Å². The number of piperidine rings is 1. The van der Waals surface area contributed by atoms with Crippen LogP contribution in [0.1, 0.15) is 18.4 Å². The molecule has 2 aromatic rings. The molecule has 1 N–H and O–H groups in total. The molecule has 0 bridgehead atoms. The van der Waals surface area contributed by atoms with Crippen molar-refractivity contribution in [2.24, 2.45) is 5.92 Å². The van der Waals surface area contributed by atoms with Crippen LogP contribution in [0.15, 0.2) is 35.5 Å². The summed E-state index contributed by atoms with van der Waals surface area (Å²) in [5.41, 5.74) is -1.20. The Morgan fingerprint density at radius 1 is 1.31 bits per heavy atom. The van der Waals surface area contributed by atoms with Crippen molar-refractivity contribution in [3.05, 3.63) is 46.6 Å². The second-order valence-electron chi connectivity index (χ2n) is 6.77. The number of halogens is 3. The number of benzene rings is 1. The number of aromatic nitrogens is 2. The third kappa shape index (κ3) is 3.90. The lowest BCUT2D eigenvalue weighted by molar-refractivity contribution is -0.137.